The lowest BCUT2D eigenvalue weighted by Gasteiger charge is -2.04. The molecule has 2 rings (SSSR count). The van der Waals surface area contributed by atoms with Crippen molar-refractivity contribution in [2.75, 3.05) is 0 Å². The average molecular weight is 160 g/mol. The zero-order chi connectivity index (χ0) is 8.55. The molecule has 0 spiro atoms. The van der Waals surface area contributed by atoms with E-state index >= 15 is 0 Å². The number of rotatable bonds is 1. The minimum absolute atomic E-state index is 0.0925. The largest absolute Gasteiger partial charge is 0.323 e. The van der Waals surface area contributed by atoms with Crippen molar-refractivity contribution < 1.29 is 0 Å². The lowest BCUT2D eigenvalue weighted by Crippen LogP contribution is -2.07. The van der Waals surface area contributed by atoms with Crippen LogP contribution in [0, 0.1) is 0 Å². The topological polar surface area (TPSA) is 30.4 Å². The van der Waals surface area contributed by atoms with Crippen molar-refractivity contribution in [3.8, 4) is 0 Å². The van der Waals surface area contributed by atoms with Crippen molar-refractivity contribution >= 4 is 5.52 Å². The maximum absolute atomic E-state index is 5.80. The fourth-order valence-electron chi connectivity index (χ4n) is 1.45. The second kappa shape index (κ2) is 2.64. The van der Waals surface area contributed by atoms with E-state index in [0.717, 1.165) is 5.69 Å². The van der Waals surface area contributed by atoms with Crippen LogP contribution in [0.4, 0.5) is 0 Å². The molecule has 0 bridgehead atoms. The van der Waals surface area contributed by atoms with Gasteiger partial charge in [0.15, 0.2) is 0 Å². The SMILES string of the molecule is CC(N)c1ccc2ccccn12. The van der Waals surface area contributed by atoms with E-state index in [2.05, 4.69) is 22.6 Å². The van der Waals surface area contributed by atoms with E-state index in [1.807, 2.05) is 25.3 Å². The molecule has 0 saturated carbocycles. The third-order valence-corrected chi connectivity index (χ3v) is 2.06. The highest BCUT2D eigenvalue weighted by atomic mass is 14.9. The van der Waals surface area contributed by atoms with E-state index in [1.54, 1.807) is 0 Å². The third kappa shape index (κ3) is 1.01. The van der Waals surface area contributed by atoms with Crippen LogP contribution in [0.3, 0.4) is 0 Å². The predicted molar refractivity (Wildman–Crippen MR) is 50.0 cm³/mol. The standard InChI is InChI=1S/C10H12N2/c1-8(11)10-6-5-9-4-2-3-7-12(9)10/h2-8H,11H2,1H3. The molecule has 12 heavy (non-hydrogen) atoms. The summed E-state index contributed by atoms with van der Waals surface area (Å²) in [6, 6.07) is 10.4. The monoisotopic (exact) mass is 160 g/mol. The Balaban J connectivity index is 2.70. The second-order valence-corrected chi connectivity index (χ2v) is 3.04. The Hall–Kier alpha value is -1.28. The molecule has 62 valence electrons. The van der Waals surface area contributed by atoms with Gasteiger partial charge in [-0.3, -0.25) is 0 Å². The lowest BCUT2D eigenvalue weighted by atomic mass is 10.2. The van der Waals surface area contributed by atoms with Crippen molar-refractivity contribution in [2.45, 2.75) is 13.0 Å². The molecule has 2 aromatic rings. The normalized spacial score (nSPS) is 13.5. The molecule has 2 heteroatoms. The Morgan fingerprint density at radius 1 is 1.25 bits per heavy atom. The van der Waals surface area contributed by atoms with E-state index in [4.69, 9.17) is 5.73 Å². The summed E-state index contributed by atoms with van der Waals surface area (Å²) in [4.78, 5) is 0. The van der Waals surface area contributed by atoms with Crippen molar-refractivity contribution in [3.63, 3.8) is 0 Å². The van der Waals surface area contributed by atoms with Crippen molar-refractivity contribution in [1.82, 2.24) is 4.40 Å². The van der Waals surface area contributed by atoms with Crippen LogP contribution in [-0.2, 0) is 0 Å². The predicted octanol–water partition coefficient (Wildman–Crippen LogP) is 1.96. The van der Waals surface area contributed by atoms with Gasteiger partial charge >= 0.3 is 0 Å². The van der Waals surface area contributed by atoms with Crippen LogP contribution in [0.2, 0.25) is 0 Å². The summed E-state index contributed by atoms with van der Waals surface area (Å²) < 4.78 is 2.12. The van der Waals surface area contributed by atoms with E-state index < -0.39 is 0 Å². The smallest absolute Gasteiger partial charge is 0.0453 e. The molecule has 0 amide bonds. The number of nitrogens with zero attached hydrogens (tertiary/aromatic N) is 1. The van der Waals surface area contributed by atoms with Crippen LogP contribution < -0.4 is 5.73 Å². The lowest BCUT2D eigenvalue weighted by molar-refractivity contribution is 0.770. The molecular weight excluding hydrogens is 148 g/mol. The first-order valence-electron chi connectivity index (χ1n) is 4.10. The summed E-state index contributed by atoms with van der Waals surface area (Å²) >= 11 is 0. The molecular formula is C10H12N2. The summed E-state index contributed by atoms with van der Waals surface area (Å²) in [5.74, 6) is 0. The minimum Gasteiger partial charge on any atom is -0.323 e. The van der Waals surface area contributed by atoms with E-state index in [1.165, 1.54) is 5.52 Å². The summed E-state index contributed by atoms with van der Waals surface area (Å²) in [6.07, 6.45) is 2.04. The first kappa shape index (κ1) is 7.37. The van der Waals surface area contributed by atoms with E-state index in [9.17, 15) is 0 Å². The van der Waals surface area contributed by atoms with Crippen LogP contribution >= 0.6 is 0 Å². The van der Waals surface area contributed by atoms with Gasteiger partial charge in [-0.1, -0.05) is 6.07 Å². The van der Waals surface area contributed by atoms with Crippen molar-refractivity contribution in [2.24, 2.45) is 5.73 Å². The summed E-state index contributed by atoms with van der Waals surface area (Å²) in [7, 11) is 0. The van der Waals surface area contributed by atoms with Gasteiger partial charge in [0.1, 0.15) is 0 Å². The fourth-order valence-corrected chi connectivity index (χ4v) is 1.45. The van der Waals surface area contributed by atoms with Gasteiger partial charge in [-0.2, -0.15) is 0 Å². The Morgan fingerprint density at radius 2 is 2.08 bits per heavy atom. The van der Waals surface area contributed by atoms with Crippen LogP contribution in [0.25, 0.3) is 5.52 Å². The molecule has 0 radical (unpaired) electrons. The van der Waals surface area contributed by atoms with Gasteiger partial charge in [0.25, 0.3) is 0 Å². The quantitative estimate of drug-likeness (QED) is 0.679. The second-order valence-electron chi connectivity index (χ2n) is 3.04. The minimum atomic E-state index is 0.0925. The summed E-state index contributed by atoms with van der Waals surface area (Å²) in [6.45, 7) is 1.99. The molecule has 0 aliphatic carbocycles. The molecule has 0 aliphatic heterocycles. The van der Waals surface area contributed by atoms with Crippen molar-refractivity contribution in [1.29, 1.82) is 0 Å². The van der Waals surface area contributed by atoms with Gasteiger partial charge in [-0.15, -0.1) is 0 Å². The fraction of sp³-hybridized carbons (Fsp3) is 0.200. The summed E-state index contributed by atoms with van der Waals surface area (Å²) in [5, 5.41) is 0. The number of hydrogen-bond donors (Lipinski definition) is 1. The highest BCUT2D eigenvalue weighted by Gasteiger charge is 2.03. The number of hydrogen-bond acceptors (Lipinski definition) is 1. The Morgan fingerprint density at radius 3 is 2.83 bits per heavy atom. The van der Waals surface area contributed by atoms with E-state index in [-0.39, 0.29) is 6.04 Å². The van der Waals surface area contributed by atoms with Crippen LogP contribution in [0.1, 0.15) is 18.7 Å². The number of nitrogens with two attached hydrogens (primary N) is 1. The number of fused-ring (bicyclic) bond motifs is 1. The Bertz CT molecular complexity index is 387. The zero-order valence-corrected chi connectivity index (χ0v) is 7.07. The van der Waals surface area contributed by atoms with Gasteiger partial charge < -0.3 is 10.1 Å². The number of aromatic nitrogens is 1. The van der Waals surface area contributed by atoms with Gasteiger partial charge in [-0.05, 0) is 31.2 Å². The first-order valence-corrected chi connectivity index (χ1v) is 4.10. The number of pyridine rings is 1. The highest BCUT2D eigenvalue weighted by molar-refractivity contribution is 5.49. The molecule has 2 aromatic heterocycles. The third-order valence-electron chi connectivity index (χ3n) is 2.06. The van der Waals surface area contributed by atoms with Gasteiger partial charge in [0.05, 0.1) is 0 Å². The van der Waals surface area contributed by atoms with Gasteiger partial charge in [-0.25, -0.2) is 0 Å². The molecule has 1 atom stereocenters. The molecule has 2 nitrogen and oxygen atoms in total. The Kier molecular flexibility index (Phi) is 1.62. The molecule has 2 heterocycles. The van der Waals surface area contributed by atoms with Crippen LogP contribution in [0.15, 0.2) is 36.5 Å². The molecule has 0 aliphatic rings. The van der Waals surface area contributed by atoms with Crippen LogP contribution in [-0.4, -0.2) is 4.40 Å². The molecule has 0 fully saturated rings. The molecule has 2 N–H and O–H groups in total. The molecule has 1 unspecified atom stereocenters. The van der Waals surface area contributed by atoms with Crippen molar-refractivity contribution in [3.05, 3.63) is 42.2 Å². The average Bonchev–Trinajstić information content (AvgIpc) is 2.47. The van der Waals surface area contributed by atoms with E-state index in [0.29, 0.717) is 0 Å². The highest BCUT2D eigenvalue weighted by Crippen LogP contribution is 2.14. The Labute approximate surface area is 71.6 Å². The zero-order valence-electron chi connectivity index (χ0n) is 7.07. The molecule has 0 saturated heterocycles. The summed E-state index contributed by atoms with van der Waals surface area (Å²) in [5.41, 5.74) is 8.16. The van der Waals surface area contributed by atoms with Gasteiger partial charge in [0, 0.05) is 23.4 Å². The molecule has 0 aromatic carbocycles. The first-order chi connectivity index (χ1) is 5.79. The maximum Gasteiger partial charge on any atom is 0.0453 e. The van der Waals surface area contributed by atoms with Crippen LogP contribution in [0.5, 0.6) is 0 Å². The van der Waals surface area contributed by atoms with Gasteiger partial charge in [0.2, 0.25) is 0 Å². The maximum atomic E-state index is 5.80.